The molecule has 0 spiro atoms. The highest BCUT2D eigenvalue weighted by atomic mass is 32.2. The monoisotopic (exact) mass is 299 g/mol. The van der Waals surface area contributed by atoms with Crippen LogP contribution in [0.1, 0.15) is 23.8 Å². The van der Waals surface area contributed by atoms with Gasteiger partial charge in [0, 0.05) is 17.9 Å². The van der Waals surface area contributed by atoms with E-state index < -0.39 is 10.9 Å². The molecule has 0 fully saturated rings. The molecule has 0 saturated heterocycles. The molecule has 0 saturated carbocycles. The zero-order valence-corrected chi connectivity index (χ0v) is 12.4. The highest BCUT2D eigenvalue weighted by molar-refractivity contribution is 7.99. The summed E-state index contributed by atoms with van der Waals surface area (Å²) in [4.78, 5) is 25.7. The minimum atomic E-state index is -0.625. The number of ether oxygens (including phenoxy) is 1. The van der Waals surface area contributed by atoms with Crippen LogP contribution in [0.25, 0.3) is 0 Å². The molecule has 0 amide bonds. The van der Waals surface area contributed by atoms with Crippen molar-refractivity contribution >= 4 is 29.2 Å². The number of methoxy groups -OCH3 is 1. The number of nitro groups is 1. The fourth-order valence-corrected chi connectivity index (χ4v) is 1.81. The minimum Gasteiger partial charge on any atom is -0.464 e. The molecular formula is C12H17N3O4S. The van der Waals surface area contributed by atoms with Crippen molar-refractivity contribution in [1.29, 1.82) is 0 Å². The first kappa shape index (κ1) is 16.2. The summed E-state index contributed by atoms with van der Waals surface area (Å²) >= 11 is 1.71. The minimum absolute atomic E-state index is 0.0403. The zero-order valence-electron chi connectivity index (χ0n) is 11.6. The molecule has 1 N–H and O–H groups in total. The lowest BCUT2D eigenvalue weighted by atomic mass is 10.3. The van der Waals surface area contributed by atoms with Crippen molar-refractivity contribution in [3.05, 3.63) is 27.9 Å². The summed E-state index contributed by atoms with van der Waals surface area (Å²) in [5, 5.41) is 14.3. The van der Waals surface area contributed by atoms with Gasteiger partial charge in [-0.05, 0) is 18.7 Å². The highest BCUT2D eigenvalue weighted by Crippen LogP contribution is 2.22. The van der Waals surface area contributed by atoms with Crippen molar-refractivity contribution in [2.75, 3.05) is 25.2 Å². The standard InChI is InChI=1S/C12H17N3O4S/c1-8(20-3)6-7-13-11-10(15(17)18)5-4-9(14-11)12(16)19-2/h4-5,8H,6-7H2,1-3H3,(H,13,14). The van der Waals surface area contributed by atoms with E-state index in [0.717, 1.165) is 6.42 Å². The molecule has 110 valence electrons. The number of pyridine rings is 1. The maximum atomic E-state index is 11.4. The molecule has 0 aliphatic heterocycles. The van der Waals surface area contributed by atoms with E-state index >= 15 is 0 Å². The third kappa shape index (κ3) is 4.37. The Bertz CT molecular complexity index is 496. The Morgan fingerprint density at radius 2 is 2.30 bits per heavy atom. The van der Waals surface area contributed by atoms with Crippen molar-refractivity contribution < 1.29 is 14.5 Å². The van der Waals surface area contributed by atoms with Crippen molar-refractivity contribution in [2.45, 2.75) is 18.6 Å². The third-order valence-corrected chi connectivity index (χ3v) is 3.75. The lowest BCUT2D eigenvalue weighted by Crippen LogP contribution is -2.13. The second-order valence-electron chi connectivity index (χ2n) is 4.07. The van der Waals surface area contributed by atoms with Gasteiger partial charge >= 0.3 is 11.7 Å². The zero-order chi connectivity index (χ0) is 15.1. The molecule has 1 aromatic heterocycles. The molecule has 0 aromatic carbocycles. The maximum absolute atomic E-state index is 11.4. The van der Waals surface area contributed by atoms with Crippen LogP contribution in [0.5, 0.6) is 0 Å². The first-order valence-electron chi connectivity index (χ1n) is 6.00. The predicted octanol–water partition coefficient (Wildman–Crippen LogP) is 2.33. The van der Waals surface area contributed by atoms with Crippen LogP contribution in [-0.2, 0) is 4.74 Å². The summed E-state index contributed by atoms with van der Waals surface area (Å²) in [6.07, 6.45) is 2.84. The molecular weight excluding hydrogens is 282 g/mol. The van der Waals surface area contributed by atoms with Crippen molar-refractivity contribution in [3.63, 3.8) is 0 Å². The largest absolute Gasteiger partial charge is 0.464 e. The van der Waals surface area contributed by atoms with Crippen LogP contribution >= 0.6 is 11.8 Å². The first-order chi connectivity index (χ1) is 9.49. The van der Waals surface area contributed by atoms with Crippen LogP contribution in [0.2, 0.25) is 0 Å². The van der Waals surface area contributed by atoms with Crippen LogP contribution in [0, 0.1) is 10.1 Å². The molecule has 0 aliphatic rings. The van der Waals surface area contributed by atoms with E-state index in [1.807, 2.05) is 6.26 Å². The lowest BCUT2D eigenvalue weighted by molar-refractivity contribution is -0.384. The van der Waals surface area contributed by atoms with Crippen molar-refractivity contribution in [1.82, 2.24) is 4.98 Å². The molecule has 1 unspecified atom stereocenters. The number of carbonyl (C=O) groups is 1. The Morgan fingerprint density at radius 1 is 1.60 bits per heavy atom. The summed E-state index contributed by atoms with van der Waals surface area (Å²) in [5.74, 6) is -0.536. The molecule has 0 radical (unpaired) electrons. The van der Waals surface area contributed by atoms with E-state index in [2.05, 4.69) is 22.0 Å². The van der Waals surface area contributed by atoms with Gasteiger partial charge in [0.2, 0.25) is 5.82 Å². The van der Waals surface area contributed by atoms with Gasteiger partial charge < -0.3 is 10.1 Å². The number of carbonyl (C=O) groups excluding carboxylic acids is 1. The molecule has 1 atom stereocenters. The van der Waals surface area contributed by atoms with Gasteiger partial charge in [-0.25, -0.2) is 9.78 Å². The van der Waals surface area contributed by atoms with Crippen molar-refractivity contribution in [2.24, 2.45) is 0 Å². The predicted molar refractivity (Wildman–Crippen MR) is 78.3 cm³/mol. The number of rotatable bonds is 7. The number of nitrogens with one attached hydrogen (secondary N) is 1. The summed E-state index contributed by atoms with van der Waals surface area (Å²) in [5.41, 5.74) is -0.118. The van der Waals surface area contributed by atoms with E-state index in [1.54, 1.807) is 11.8 Å². The molecule has 8 heteroatoms. The maximum Gasteiger partial charge on any atom is 0.356 e. The van der Waals surface area contributed by atoms with Gasteiger partial charge in [-0.15, -0.1) is 0 Å². The fraction of sp³-hybridized carbons (Fsp3) is 0.500. The number of esters is 1. The Labute approximate surface area is 121 Å². The van der Waals surface area contributed by atoms with Gasteiger partial charge in [-0.2, -0.15) is 11.8 Å². The van der Waals surface area contributed by atoms with Gasteiger partial charge in [0.15, 0.2) is 5.69 Å². The van der Waals surface area contributed by atoms with Gasteiger partial charge in [0.1, 0.15) is 0 Å². The Morgan fingerprint density at radius 3 is 2.85 bits per heavy atom. The summed E-state index contributed by atoms with van der Waals surface area (Å²) < 4.78 is 4.55. The fourth-order valence-electron chi connectivity index (χ4n) is 1.46. The third-order valence-electron chi connectivity index (χ3n) is 2.71. The van der Waals surface area contributed by atoms with E-state index in [1.165, 1.54) is 19.2 Å². The van der Waals surface area contributed by atoms with Crippen LogP contribution in [0.4, 0.5) is 11.5 Å². The molecule has 1 rings (SSSR count). The molecule has 7 nitrogen and oxygen atoms in total. The average Bonchev–Trinajstić information content (AvgIpc) is 2.45. The molecule has 1 heterocycles. The van der Waals surface area contributed by atoms with Crippen LogP contribution in [-0.4, -0.2) is 41.0 Å². The second kappa shape index (κ2) is 7.68. The van der Waals surface area contributed by atoms with Gasteiger partial charge in [0.25, 0.3) is 0 Å². The van der Waals surface area contributed by atoms with Gasteiger partial charge in [-0.3, -0.25) is 10.1 Å². The number of thioether (sulfide) groups is 1. The number of nitrogens with zero attached hydrogens (tertiary/aromatic N) is 2. The Kier molecular flexibility index (Phi) is 6.23. The van der Waals surface area contributed by atoms with E-state index in [-0.39, 0.29) is 17.2 Å². The topological polar surface area (TPSA) is 94.4 Å². The quantitative estimate of drug-likeness (QED) is 0.469. The first-order valence-corrected chi connectivity index (χ1v) is 7.28. The molecule has 1 aromatic rings. The van der Waals surface area contributed by atoms with Gasteiger partial charge in [0.05, 0.1) is 12.0 Å². The average molecular weight is 299 g/mol. The molecule has 0 bridgehead atoms. The summed E-state index contributed by atoms with van der Waals surface area (Å²) in [6, 6.07) is 2.53. The van der Waals surface area contributed by atoms with E-state index in [0.29, 0.717) is 11.8 Å². The van der Waals surface area contributed by atoms with Crippen LogP contribution < -0.4 is 5.32 Å². The number of hydrogen-bond donors (Lipinski definition) is 1. The molecule has 20 heavy (non-hydrogen) atoms. The molecule has 0 aliphatic carbocycles. The number of hydrogen-bond acceptors (Lipinski definition) is 7. The summed E-state index contributed by atoms with van der Waals surface area (Å²) in [7, 11) is 1.23. The van der Waals surface area contributed by atoms with E-state index in [4.69, 9.17) is 0 Å². The normalized spacial score (nSPS) is 11.8. The smallest absolute Gasteiger partial charge is 0.356 e. The number of aromatic nitrogens is 1. The Balaban J connectivity index is 2.89. The Hall–Kier alpha value is -1.83. The highest BCUT2D eigenvalue weighted by Gasteiger charge is 2.18. The van der Waals surface area contributed by atoms with Crippen molar-refractivity contribution in [3.8, 4) is 0 Å². The second-order valence-corrected chi connectivity index (χ2v) is 5.35. The van der Waals surface area contributed by atoms with Crippen LogP contribution in [0.15, 0.2) is 12.1 Å². The SMILES string of the molecule is COC(=O)c1ccc([N+](=O)[O-])c(NCCC(C)SC)n1. The number of anilines is 1. The lowest BCUT2D eigenvalue weighted by Gasteiger charge is -2.10. The van der Waals surface area contributed by atoms with Gasteiger partial charge in [-0.1, -0.05) is 6.92 Å². The van der Waals surface area contributed by atoms with Crippen LogP contribution in [0.3, 0.4) is 0 Å². The summed E-state index contributed by atoms with van der Waals surface area (Å²) in [6.45, 7) is 2.61. The van der Waals surface area contributed by atoms with E-state index in [9.17, 15) is 14.9 Å².